The molecule has 102 valence electrons. The van der Waals surface area contributed by atoms with E-state index in [0.29, 0.717) is 18.7 Å². The Balaban J connectivity index is 1.86. The molecule has 1 unspecified atom stereocenters. The normalized spacial score (nSPS) is 12.4. The summed E-state index contributed by atoms with van der Waals surface area (Å²) < 4.78 is 20.2. The quantitative estimate of drug-likeness (QED) is 0.867. The van der Waals surface area contributed by atoms with Gasteiger partial charge in [0.25, 0.3) is 0 Å². The van der Waals surface area contributed by atoms with Crippen LogP contribution in [0.15, 0.2) is 30.5 Å². The van der Waals surface area contributed by atoms with E-state index in [9.17, 15) is 9.50 Å². The van der Waals surface area contributed by atoms with Gasteiger partial charge in [-0.25, -0.2) is 9.07 Å². The zero-order chi connectivity index (χ0) is 13.7. The van der Waals surface area contributed by atoms with Crippen LogP contribution in [0.2, 0.25) is 0 Å². The topological polar surface area (TPSA) is 60.2 Å². The Bertz CT molecular complexity index is 530. The third kappa shape index (κ3) is 3.51. The third-order valence-electron chi connectivity index (χ3n) is 2.70. The predicted octanol–water partition coefficient (Wildman–Crippen LogP) is 1.94. The smallest absolute Gasteiger partial charge is 0.165 e. The van der Waals surface area contributed by atoms with Gasteiger partial charge in [0, 0.05) is 0 Å². The highest BCUT2D eigenvalue weighted by molar-refractivity contribution is 5.23. The molecule has 2 aromatic rings. The van der Waals surface area contributed by atoms with E-state index >= 15 is 0 Å². The molecule has 1 aromatic carbocycles. The first kappa shape index (κ1) is 13.5. The summed E-state index contributed by atoms with van der Waals surface area (Å²) in [6.07, 6.45) is 1.66. The first-order chi connectivity index (χ1) is 9.20. The van der Waals surface area contributed by atoms with Crippen LogP contribution in [0.3, 0.4) is 0 Å². The number of para-hydroxylation sites is 1. The van der Waals surface area contributed by atoms with Gasteiger partial charge in [-0.1, -0.05) is 24.3 Å². The van der Waals surface area contributed by atoms with Gasteiger partial charge in [-0.05, 0) is 18.6 Å². The van der Waals surface area contributed by atoms with E-state index in [1.807, 2.05) is 6.92 Å². The average Bonchev–Trinajstić information content (AvgIpc) is 2.89. The van der Waals surface area contributed by atoms with Crippen LogP contribution in [0.5, 0.6) is 5.75 Å². The molecule has 0 aliphatic rings. The second-order valence-corrected chi connectivity index (χ2v) is 4.11. The molecule has 0 fully saturated rings. The van der Waals surface area contributed by atoms with Gasteiger partial charge in [0.15, 0.2) is 11.6 Å². The van der Waals surface area contributed by atoms with Crippen molar-refractivity contribution in [1.82, 2.24) is 15.0 Å². The highest BCUT2D eigenvalue weighted by atomic mass is 19.1. The van der Waals surface area contributed by atoms with Crippen LogP contribution in [0.1, 0.15) is 25.1 Å². The number of halogens is 1. The van der Waals surface area contributed by atoms with Crippen molar-refractivity contribution < 1.29 is 14.2 Å². The van der Waals surface area contributed by atoms with Gasteiger partial charge in [-0.2, -0.15) is 0 Å². The maximum absolute atomic E-state index is 13.3. The largest absolute Gasteiger partial charge is 0.489 e. The molecule has 19 heavy (non-hydrogen) atoms. The van der Waals surface area contributed by atoms with Crippen molar-refractivity contribution in [3.8, 4) is 5.75 Å². The first-order valence-electron chi connectivity index (χ1n) is 6.16. The number of rotatable bonds is 6. The Kier molecular flexibility index (Phi) is 4.46. The van der Waals surface area contributed by atoms with Crippen LogP contribution in [-0.2, 0) is 6.54 Å². The second kappa shape index (κ2) is 6.29. The molecule has 1 heterocycles. The lowest BCUT2D eigenvalue weighted by molar-refractivity contribution is 0.168. The van der Waals surface area contributed by atoms with Crippen molar-refractivity contribution in [3.63, 3.8) is 0 Å². The minimum Gasteiger partial charge on any atom is -0.489 e. The molecule has 0 saturated heterocycles. The average molecular weight is 265 g/mol. The number of benzene rings is 1. The Morgan fingerprint density at radius 3 is 2.95 bits per heavy atom. The highest BCUT2D eigenvalue weighted by Gasteiger charge is 2.09. The molecule has 0 bridgehead atoms. The highest BCUT2D eigenvalue weighted by Crippen LogP contribution is 2.15. The number of hydrogen-bond acceptors (Lipinski definition) is 4. The molecule has 1 atom stereocenters. The fraction of sp³-hybridized carbons (Fsp3) is 0.385. The van der Waals surface area contributed by atoms with E-state index in [1.165, 1.54) is 6.07 Å². The van der Waals surface area contributed by atoms with Crippen molar-refractivity contribution in [2.45, 2.75) is 26.0 Å². The van der Waals surface area contributed by atoms with E-state index in [1.54, 1.807) is 29.1 Å². The van der Waals surface area contributed by atoms with Gasteiger partial charge in [0.2, 0.25) is 0 Å². The van der Waals surface area contributed by atoms with E-state index < -0.39 is 6.10 Å². The summed E-state index contributed by atoms with van der Waals surface area (Å²) in [5.74, 6) is -0.167. The number of nitrogens with zero attached hydrogens (tertiary/aromatic N) is 3. The summed E-state index contributed by atoms with van der Waals surface area (Å²) in [7, 11) is 0. The van der Waals surface area contributed by atoms with Crippen molar-refractivity contribution in [3.05, 3.63) is 42.0 Å². The number of aliphatic hydroxyl groups excluding tert-OH is 1. The molecule has 6 heteroatoms. The molecule has 0 spiro atoms. The minimum absolute atomic E-state index is 0.219. The summed E-state index contributed by atoms with van der Waals surface area (Å²) in [4.78, 5) is 0. The van der Waals surface area contributed by atoms with Crippen LogP contribution in [0.25, 0.3) is 0 Å². The zero-order valence-electron chi connectivity index (χ0n) is 10.7. The third-order valence-corrected chi connectivity index (χ3v) is 2.70. The minimum atomic E-state index is -0.596. The van der Waals surface area contributed by atoms with Crippen LogP contribution >= 0.6 is 0 Å². The summed E-state index contributed by atoms with van der Waals surface area (Å²) in [5, 5.41) is 17.3. The molecule has 0 saturated carbocycles. The molecule has 0 radical (unpaired) electrons. The number of ether oxygens (including phenoxy) is 1. The van der Waals surface area contributed by atoms with E-state index in [2.05, 4.69) is 10.3 Å². The molecular weight excluding hydrogens is 249 g/mol. The molecule has 0 aliphatic heterocycles. The van der Waals surface area contributed by atoms with E-state index in [-0.39, 0.29) is 18.2 Å². The van der Waals surface area contributed by atoms with Gasteiger partial charge in [0.05, 0.1) is 18.8 Å². The van der Waals surface area contributed by atoms with Crippen molar-refractivity contribution in [1.29, 1.82) is 0 Å². The van der Waals surface area contributed by atoms with E-state index in [4.69, 9.17) is 4.74 Å². The fourth-order valence-electron chi connectivity index (χ4n) is 1.60. The van der Waals surface area contributed by atoms with Gasteiger partial charge in [0.1, 0.15) is 12.3 Å². The number of aromatic nitrogens is 3. The Morgan fingerprint density at radius 2 is 2.21 bits per heavy atom. The standard InChI is InChI=1S/C13H16FN3O2/c1-2-12(18)11-9-17(16-15-11)7-8-19-13-6-4-3-5-10(13)14/h3-6,9,12,18H,2,7-8H2,1H3. The predicted molar refractivity (Wildman–Crippen MR) is 67.2 cm³/mol. The number of hydrogen-bond donors (Lipinski definition) is 1. The van der Waals surface area contributed by atoms with Crippen LogP contribution in [0.4, 0.5) is 4.39 Å². The Morgan fingerprint density at radius 1 is 1.42 bits per heavy atom. The van der Waals surface area contributed by atoms with Crippen LogP contribution in [-0.4, -0.2) is 26.7 Å². The molecule has 0 aliphatic carbocycles. The fourth-order valence-corrected chi connectivity index (χ4v) is 1.60. The zero-order valence-corrected chi connectivity index (χ0v) is 10.7. The Labute approximate surface area is 110 Å². The Hall–Kier alpha value is -1.95. The van der Waals surface area contributed by atoms with Gasteiger partial charge in [-0.3, -0.25) is 0 Å². The van der Waals surface area contributed by atoms with Crippen LogP contribution < -0.4 is 4.74 Å². The lowest BCUT2D eigenvalue weighted by Crippen LogP contribution is -2.09. The summed E-state index contributed by atoms with van der Waals surface area (Å²) in [5.41, 5.74) is 0.536. The molecular formula is C13H16FN3O2. The lowest BCUT2D eigenvalue weighted by Gasteiger charge is -2.06. The monoisotopic (exact) mass is 265 g/mol. The number of aliphatic hydroxyl groups is 1. The first-order valence-corrected chi connectivity index (χ1v) is 6.16. The lowest BCUT2D eigenvalue weighted by atomic mass is 10.2. The van der Waals surface area contributed by atoms with Crippen molar-refractivity contribution in [2.24, 2.45) is 0 Å². The van der Waals surface area contributed by atoms with Crippen LogP contribution in [0, 0.1) is 5.82 Å². The van der Waals surface area contributed by atoms with Gasteiger partial charge >= 0.3 is 0 Å². The summed E-state index contributed by atoms with van der Waals surface area (Å²) >= 11 is 0. The summed E-state index contributed by atoms with van der Waals surface area (Å²) in [6, 6.07) is 6.24. The molecule has 2 rings (SSSR count). The SMILES string of the molecule is CCC(O)c1cn(CCOc2ccccc2F)nn1. The van der Waals surface area contributed by atoms with Crippen molar-refractivity contribution >= 4 is 0 Å². The molecule has 1 aromatic heterocycles. The second-order valence-electron chi connectivity index (χ2n) is 4.11. The van der Waals surface area contributed by atoms with Crippen molar-refractivity contribution in [2.75, 3.05) is 6.61 Å². The molecule has 5 nitrogen and oxygen atoms in total. The maximum atomic E-state index is 13.3. The van der Waals surface area contributed by atoms with Gasteiger partial charge in [-0.15, -0.1) is 5.10 Å². The molecule has 0 amide bonds. The van der Waals surface area contributed by atoms with Gasteiger partial charge < -0.3 is 9.84 Å². The maximum Gasteiger partial charge on any atom is 0.165 e. The summed E-state index contributed by atoms with van der Waals surface area (Å²) in [6.45, 7) is 2.59. The van der Waals surface area contributed by atoms with E-state index in [0.717, 1.165) is 0 Å². The molecule has 1 N–H and O–H groups in total.